The van der Waals surface area contributed by atoms with Crippen molar-refractivity contribution in [2.24, 2.45) is 5.92 Å². The Bertz CT molecular complexity index is 622. The summed E-state index contributed by atoms with van der Waals surface area (Å²) in [5.41, 5.74) is 0.784. The van der Waals surface area contributed by atoms with Crippen LogP contribution in [0.4, 0.5) is 13.2 Å². The van der Waals surface area contributed by atoms with E-state index in [2.05, 4.69) is 10.3 Å². The molecule has 1 aliphatic rings. The smallest absolute Gasteiger partial charge is 0.191 e. The third kappa shape index (κ3) is 3.06. The Morgan fingerprint density at radius 1 is 1.14 bits per heavy atom. The maximum absolute atomic E-state index is 13.8. The standard InChI is InChI=1S/C16H15F3N2O/c17-12-7-13(18)16(14(19)8-12)22-15(11-3-6-21-9-11)10-1-4-20-5-2-10/h1-2,4-5,7-8,11,15,21H,3,6,9H2. The van der Waals surface area contributed by atoms with Gasteiger partial charge in [0.1, 0.15) is 11.9 Å². The first-order chi connectivity index (χ1) is 10.6. The van der Waals surface area contributed by atoms with E-state index in [0.717, 1.165) is 18.5 Å². The lowest BCUT2D eigenvalue weighted by molar-refractivity contribution is 0.131. The van der Waals surface area contributed by atoms with Crippen LogP contribution >= 0.6 is 0 Å². The van der Waals surface area contributed by atoms with Crippen molar-refractivity contribution in [2.75, 3.05) is 13.1 Å². The van der Waals surface area contributed by atoms with E-state index in [4.69, 9.17) is 4.74 Å². The van der Waals surface area contributed by atoms with E-state index >= 15 is 0 Å². The quantitative estimate of drug-likeness (QED) is 0.941. The van der Waals surface area contributed by atoms with Gasteiger partial charge >= 0.3 is 0 Å². The largest absolute Gasteiger partial charge is 0.479 e. The average Bonchev–Trinajstić information content (AvgIpc) is 3.01. The Morgan fingerprint density at radius 3 is 2.41 bits per heavy atom. The van der Waals surface area contributed by atoms with Gasteiger partial charge in [0.2, 0.25) is 0 Å². The van der Waals surface area contributed by atoms with Crippen molar-refractivity contribution in [3.63, 3.8) is 0 Å². The van der Waals surface area contributed by atoms with Gasteiger partial charge in [0.15, 0.2) is 17.4 Å². The molecular formula is C16H15F3N2O. The molecule has 2 aromatic rings. The molecule has 1 aromatic heterocycles. The number of hydrogen-bond donors (Lipinski definition) is 1. The molecule has 3 nitrogen and oxygen atoms in total. The molecule has 2 unspecified atom stereocenters. The average molecular weight is 308 g/mol. The minimum absolute atomic E-state index is 0.0752. The molecule has 2 atom stereocenters. The Labute approximate surface area is 126 Å². The number of nitrogens with zero attached hydrogens (tertiary/aromatic N) is 1. The van der Waals surface area contributed by atoms with Gasteiger partial charge in [-0.25, -0.2) is 13.2 Å². The molecule has 3 rings (SSSR count). The van der Waals surface area contributed by atoms with Gasteiger partial charge in [0.05, 0.1) is 0 Å². The molecule has 1 saturated heterocycles. The van der Waals surface area contributed by atoms with Gasteiger partial charge in [-0.1, -0.05) is 0 Å². The summed E-state index contributed by atoms with van der Waals surface area (Å²) in [7, 11) is 0. The van der Waals surface area contributed by atoms with Gasteiger partial charge in [-0.05, 0) is 30.7 Å². The Morgan fingerprint density at radius 2 is 1.82 bits per heavy atom. The van der Waals surface area contributed by atoms with Gasteiger partial charge in [0, 0.05) is 37.0 Å². The van der Waals surface area contributed by atoms with Gasteiger partial charge in [0.25, 0.3) is 0 Å². The highest BCUT2D eigenvalue weighted by atomic mass is 19.1. The first-order valence-corrected chi connectivity index (χ1v) is 7.07. The number of aromatic nitrogens is 1. The molecule has 0 amide bonds. The van der Waals surface area contributed by atoms with Crippen molar-refractivity contribution in [3.05, 3.63) is 59.7 Å². The Balaban J connectivity index is 1.94. The highest BCUT2D eigenvalue weighted by Gasteiger charge is 2.30. The summed E-state index contributed by atoms with van der Waals surface area (Å²) in [6.45, 7) is 1.52. The molecule has 0 aliphatic carbocycles. The summed E-state index contributed by atoms with van der Waals surface area (Å²) in [4.78, 5) is 3.94. The van der Waals surface area contributed by atoms with E-state index < -0.39 is 29.3 Å². The predicted molar refractivity (Wildman–Crippen MR) is 74.9 cm³/mol. The lowest BCUT2D eigenvalue weighted by Crippen LogP contribution is -2.22. The summed E-state index contributed by atoms with van der Waals surface area (Å²) in [5.74, 6) is -3.52. The van der Waals surface area contributed by atoms with E-state index in [-0.39, 0.29) is 5.92 Å². The molecule has 0 bridgehead atoms. The summed E-state index contributed by atoms with van der Waals surface area (Å²) < 4.78 is 46.3. The fourth-order valence-corrected chi connectivity index (χ4v) is 2.69. The monoisotopic (exact) mass is 308 g/mol. The summed E-state index contributed by atoms with van der Waals surface area (Å²) in [6, 6.07) is 4.74. The van der Waals surface area contributed by atoms with Crippen molar-refractivity contribution < 1.29 is 17.9 Å². The highest BCUT2D eigenvalue weighted by Crippen LogP contribution is 2.34. The van der Waals surface area contributed by atoms with E-state index in [1.807, 2.05) is 0 Å². The summed E-state index contributed by atoms with van der Waals surface area (Å²) in [6.07, 6.45) is 3.52. The molecule has 0 saturated carbocycles. The van der Waals surface area contributed by atoms with Crippen molar-refractivity contribution in [2.45, 2.75) is 12.5 Å². The van der Waals surface area contributed by atoms with Gasteiger partial charge in [-0.3, -0.25) is 4.98 Å². The van der Waals surface area contributed by atoms with Crippen LogP contribution in [0.25, 0.3) is 0 Å². The zero-order valence-electron chi connectivity index (χ0n) is 11.7. The lowest BCUT2D eigenvalue weighted by Gasteiger charge is -2.25. The first-order valence-electron chi connectivity index (χ1n) is 7.07. The first kappa shape index (κ1) is 14.8. The Kier molecular flexibility index (Phi) is 4.29. The molecule has 1 aromatic carbocycles. The van der Waals surface area contributed by atoms with Crippen LogP contribution in [0.1, 0.15) is 18.1 Å². The van der Waals surface area contributed by atoms with Crippen LogP contribution in [-0.2, 0) is 0 Å². The van der Waals surface area contributed by atoms with Crippen LogP contribution in [0.15, 0.2) is 36.7 Å². The molecule has 0 radical (unpaired) electrons. The van der Waals surface area contributed by atoms with Crippen LogP contribution in [0, 0.1) is 23.4 Å². The third-order valence-electron chi connectivity index (χ3n) is 3.77. The summed E-state index contributed by atoms with van der Waals surface area (Å²) in [5, 5.41) is 3.20. The maximum Gasteiger partial charge on any atom is 0.191 e. The van der Waals surface area contributed by atoms with Crippen LogP contribution in [-0.4, -0.2) is 18.1 Å². The molecule has 6 heteroatoms. The maximum atomic E-state index is 13.8. The number of pyridine rings is 1. The third-order valence-corrected chi connectivity index (χ3v) is 3.77. The van der Waals surface area contributed by atoms with Gasteiger partial charge in [-0.15, -0.1) is 0 Å². The van der Waals surface area contributed by atoms with Crippen molar-refractivity contribution in [1.82, 2.24) is 10.3 Å². The zero-order chi connectivity index (χ0) is 15.5. The number of ether oxygens (including phenoxy) is 1. The van der Waals surface area contributed by atoms with Crippen LogP contribution < -0.4 is 10.1 Å². The van der Waals surface area contributed by atoms with E-state index in [1.165, 1.54) is 0 Å². The minimum Gasteiger partial charge on any atom is -0.479 e. The number of benzene rings is 1. The molecule has 1 N–H and O–H groups in total. The van der Waals surface area contributed by atoms with Crippen LogP contribution in [0.5, 0.6) is 5.75 Å². The molecule has 1 fully saturated rings. The van der Waals surface area contributed by atoms with E-state index in [0.29, 0.717) is 18.7 Å². The fourth-order valence-electron chi connectivity index (χ4n) is 2.69. The number of nitrogens with one attached hydrogen (secondary N) is 1. The van der Waals surface area contributed by atoms with Crippen molar-refractivity contribution in [3.8, 4) is 5.75 Å². The van der Waals surface area contributed by atoms with E-state index in [9.17, 15) is 13.2 Å². The van der Waals surface area contributed by atoms with Crippen molar-refractivity contribution in [1.29, 1.82) is 0 Å². The second-order valence-corrected chi connectivity index (χ2v) is 5.27. The molecule has 0 spiro atoms. The molecular weight excluding hydrogens is 293 g/mol. The van der Waals surface area contributed by atoms with Crippen LogP contribution in [0.3, 0.4) is 0 Å². The summed E-state index contributed by atoms with van der Waals surface area (Å²) >= 11 is 0. The normalized spacial score (nSPS) is 19.1. The Hall–Kier alpha value is -2.08. The number of rotatable bonds is 4. The van der Waals surface area contributed by atoms with E-state index in [1.54, 1.807) is 24.5 Å². The second-order valence-electron chi connectivity index (χ2n) is 5.27. The van der Waals surface area contributed by atoms with Gasteiger partial charge < -0.3 is 10.1 Å². The zero-order valence-corrected chi connectivity index (χ0v) is 11.7. The number of halogens is 3. The predicted octanol–water partition coefficient (Wildman–Crippen LogP) is 3.23. The highest BCUT2D eigenvalue weighted by molar-refractivity contribution is 5.29. The number of hydrogen-bond acceptors (Lipinski definition) is 3. The topological polar surface area (TPSA) is 34.1 Å². The second kappa shape index (κ2) is 6.36. The minimum atomic E-state index is -1.04. The molecule has 116 valence electrons. The molecule has 22 heavy (non-hydrogen) atoms. The molecule has 2 heterocycles. The van der Waals surface area contributed by atoms with Crippen LogP contribution in [0.2, 0.25) is 0 Å². The fraction of sp³-hybridized carbons (Fsp3) is 0.312. The van der Waals surface area contributed by atoms with Gasteiger partial charge in [-0.2, -0.15) is 0 Å². The van der Waals surface area contributed by atoms with Crippen molar-refractivity contribution >= 4 is 0 Å². The SMILES string of the molecule is Fc1cc(F)c(OC(c2ccncc2)C2CCNC2)c(F)c1. The lowest BCUT2D eigenvalue weighted by atomic mass is 9.95. The molecule has 1 aliphatic heterocycles.